The zero-order valence-electron chi connectivity index (χ0n) is 9.57. The van der Waals surface area contributed by atoms with Crippen LogP contribution >= 0.6 is 15.9 Å². The van der Waals surface area contributed by atoms with Crippen LogP contribution in [0.25, 0.3) is 4.48 Å². The van der Waals surface area contributed by atoms with E-state index in [1.807, 2.05) is 0 Å². The molecule has 0 radical (unpaired) electrons. The highest BCUT2D eigenvalue weighted by molar-refractivity contribution is 9.15. The van der Waals surface area contributed by atoms with Crippen molar-refractivity contribution in [1.29, 1.82) is 0 Å². The van der Waals surface area contributed by atoms with E-state index in [0.29, 0.717) is 12.0 Å². The fourth-order valence-corrected chi connectivity index (χ4v) is 1.77. The van der Waals surface area contributed by atoms with Crippen molar-refractivity contribution < 1.29 is 18.7 Å². The molecule has 0 spiro atoms. The first-order valence-corrected chi connectivity index (χ1v) is 5.92. The van der Waals surface area contributed by atoms with Gasteiger partial charge in [-0.15, -0.1) is 0 Å². The highest BCUT2D eigenvalue weighted by atomic mass is 79.9. The molecule has 0 heterocycles. The van der Waals surface area contributed by atoms with Gasteiger partial charge in [0, 0.05) is 0 Å². The van der Waals surface area contributed by atoms with Crippen molar-refractivity contribution in [2.75, 3.05) is 6.61 Å². The molecule has 0 saturated carbocycles. The number of halogens is 2. The summed E-state index contributed by atoms with van der Waals surface area (Å²) in [4.78, 5) is 22.1. The van der Waals surface area contributed by atoms with E-state index in [2.05, 4.69) is 21.2 Å². The fraction of sp³-hybridized carbons (Fsp3) is 0.167. The Morgan fingerprint density at radius 3 is 2.83 bits per heavy atom. The van der Waals surface area contributed by atoms with Crippen LogP contribution in [-0.4, -0.2) is 19.0 Å². The molecule has 0 aliphatic carbocycles. The maximum absolute atomic E-state index is 13.1. The highest BCUT2D eigenvalue weighted by Gasteiger charge is 2.16. The summed E-state index contributed by atoms with van der Waals surface area (Å²) in [5.74, 6) is -1.14. The van der Waals surface area contributed by atoms with Gasteiger partial charge in [-0.05, 0) is 40.5 Å². The van der Waals surface area contributed by atoms with Crippen LogP contribution in [0.2, 0.25) is 0 Å². The summed E-state index contributed by atoms with van der Waals surface area (Å²) in [5, 5.41) is 2.24. The van der Waals surface area contributed by atoms with Crippen molar-refractivity contribution in [3.8, 4) is 0 Å². The molecule has 1 aromatic carbocycles. The molecule has 0 aliphatic rings. The van der Waals surface area contributed by atoms with E-state index in [1.165, 1.54) is 18.2 Å². The molecular formula is C12H11BrFNO3. The Hall–Kier alpha value is -1.69. The molecule has 0 saturated heterocycles. The maximum atomic E-state index is 13.1. The van der Waals surface area contributed by atoms with Gasteiger partial charge in [-0.25, -0.2) is 9.18 Å². The second kappa shape index (κ2) is 6.90. The third kappa shape index (κ3) is 3.66. The summed E-state index contributed by atoms with van der Waals surface area (Å²) in [6.45, 7) is 1.82. The third-order valence-electron chi connectivity index (χ3n) is 1.98. The monoisotopic (exact) mass is 315 g/mol. The number of hydrogen-bond acceptors (Lipinski definition) is 3. The van der Waals surface area contributed by atoms with E-state index in [0.717, 1.165) is 0 Å². The fourth-order valence-electron chi connectivity index (χ4n) is 1.24. The van der Waals surface area contributed by atoms with Gasteiger partial charge in [-0.3, -0.25) is 4.79 Å². The summed E-state index contributed by atoms with van der Waals surface area (Å²) in [7, 11) is 0. The van der Waals surface area contributed by atoms with E-state index in [-0.39, 0.29) is 16.8 Å². The van der Waals surface area contributed by atoms with Crippen molar-refractivity contribution in [3.63, 3.8) is 0 Å². The number of rotatable bonds is 5. The minimum Gasteiger partial charge on any atom is -0.461 e. The molecule has 0 aromatic heterocycles. The predicted molar refractivity (Wildman–Crippen MR) is 68.1 cm³/mol. The van der Waals surface area contributed by atoms with Crippen LogP contribution in [0.1, 0.15) is 12.5 Å². The topological polar surface area (TPSA) is 55.4 Å². The lowest BCUT2D eigenvalue weighted by atomic mass is 10.2. The molecule has 96 valence electrons. The Morgan fingerprint density at radius 1 is 1.56 bits per heavy atom. The largest absolute Gasteiger partial charge is 0.461 e. The Balaban J connectivity index is 3.18. The van der Waals surface area contributed by atoms with Gasteiger partial charge in [0.2, 0.25) is 6.41 Å². The van der Waals surface area contributed by atoms with Gasteiger partial charge in [0.25, 0.3) is 0 Å². The number of ether oxygens (including phenoxy) is 1. The van der Waals surface area contributed by atoms with Crippen molar-refractivity contribution in [1.82, 2.24) is 5.32 Å². The quantitative estimate of drug-likeness (QED) is 0.515. The van der Waals surface area contributed by atoms with Gasteiger partial charge < -0.3 is 10.1 Å². The molecule has 18 heavy (non-hydrogen) atoms. The Labute approximate surface area is 112 Å². The van der Waals surface area contributed by atoms with E-state index in [4.69, 9.17) is 4.74 Å². The summed E-state index contributed by atoms with van der Waals surface area (Å²) >= 11 is 3.15. The Morgan fingerprint density at radius 2 is 2.28 bits per heavy atom. The van der Waals surface area contributed by atoms with E-state index in [9.17, 15) is 14.0 Å². The third-order valence-corrected chi connectivity index (χ3v) is 2.83. The minimum absolute atomic E-state index is 0.0718. The lowest BCUT2D eigenvalue weighted by Crippen LogP contribution is -2.22. The molecule has 0 atom stereocenters. The standard InChI is InChI=1S/C12H11BrFNO3/c1-2-18-12(17)11(15-7-16)10(13)8-4-3-5-9(14)6-8/h3-7H,2H2,1H3,(H,15,16). The van der Waals surface area contributed by atoms with Crippen molar-refractivity contribution >= 4 is 32.8 Å². The molecule has 0 fully saturated rings. The van der Waals surface area contributed by atoms with Gasteiger partial charge in [0.1, 0.15) is 11.5 Å². The summed E-state index contributed by atoms with van der Waals surface area (Å²) in [6, 6.07) is 5.60. The lowest BCUT2D eigenvalue weighted by Gasteiger charge is -2.09. The first-order chi connectivity index (χ1) is 8.60. The van der Waals surface area contributed by atoms with Gasteiger partial charge in [-0.2, -0.15) is 0 Å². The molecular weight excluding hydrogens is 305 g/mol. The van der Waals surface area contributed by atoms with Crippen LogP contribution < -0.4 is 5.32 Å². The second-order valence-electron chi connectivity index (χ2n) is 3.18. The number of benzene rings is 1. The van der Waals surface area contributed by atoms with Crippen LogP contribution in [0.5, 0.6) is 0 Å². The van der Waals surface area contributed by atoms with Crippen molar-refractivity contribution in [2.45, 2.75) is 6.92 Å². The lowest BCUT2D eigenvalue weighted by molar-refractivity contribution is -0.139. The highest BCUT2D eigenvalue weighted by Crippen LogP contribution is 2.25. The zero-order valence-corrected chi connectivity index (χ0v) is 11.2. The van der Waals surface area contributed by atoms with Crippen LogP contribution in [0.4, 0.5) is 4.39 Å². The molecule has 0 unspecified atom stereocenters. The molecule has 4 nitrogen and oxygen atoms in total. The molecule has 1 rings (SSSR count). The number of hydrogen-bond donors (Lipinski definition) is 1. The van der Waals surface area contributed by atoms with E-state index in [1.54, 1.807) is 13.0 Å². The van der Waals surface area contributed by atoms with Crippen LogP contribution in [0.15, 0.2) is 30.0 Å². The van der Waals surface area contributed by atoms with Crippen LogP contribution in [-0.2, 0) is 14.3 Å². The smallest absolute Gasteiger partial charge is 0.356 e. The van der Waals surface area contributed by atoms with Gasteiger partial charge in [0.15, 0.2) is 0 Å². The van der Waals surface area contributed by atoms with Gasteiger partial charge >= 0.3 is 5.97 Å². The zero-order chi connectivity index (χ0) is 13.5. The molecule has 0 aliphatic heterocycles. The Bertz CT molecular complexity index is 488. The number of carbonyl (C=O) groups excluding carboxylic acids is 2. The minimum atomic E-state index is -0.694. The average molecular weight is 316 g/mol. The van der Waals surface area contributed by atoms with E-state index >= 15 is 0 Å². The molecule has 1 aromatic rings. The first-order valence-electron chi connectivity index (χ1n) is 5.13. The van der Waals surface area contributed by atoms with Gasteiger partial charge in [0.05, 0.1) is 11.1 Å². The predicted octanol–water partition coefficient (Wildman–Crippen LogP) is 2.20. The van der Waals surface area contributed by atoms with Crippen molar-refractivity contribution in [3.05, 3.63) is 41.3 Å². The Kier molecular flexibility index (Phi) is 5.51. The summed E-state index contributed by atoms with van der Waals surface area (Å²) in [6.07, 6.45) is 0.354. The van der Waals surface area contributed by atoms with Crippen LogP contribution in [0, 0.1) is 5.82 Å². The SMILES string of the molecule is CCOC(=O)C(NC=O)=C(Br)c1cccc(F)c1. The first kappa shape index (κ1) is 14.4. The normalized spacial score (nSPS) is 11.5. The average Bonchev–Trinajstić information content (AvgIpc) is 2.35. The molecule has 6 heteroatoms. The number of nitrogens with one attached hydrogen (secondary N) is 1. The van der Waals surface area contributed by atoms with Crippen molar-refractivity contribution in [2.24, 2.45) is 0 Å². The second-order valence-corrected chi connectivity index (χ2v) is 3.97. The van der Waals surface area contributed by atoms with E-state index < -0.39 is 11.8 Å². The number of carbonyl (C=O) groups is 2. The van der Waals surface area contributed by atoms with Gasteiger partial charge in [-0.1, -0.05) is 12.1 Å². The molecule has 1 amide bonds. The summed E-state index contributed by atoms with van der Waals surface area (Å²) < 4.78 is 18.1. The maximum Gasteiger partial charge on any atom is 0.356 e. The molecule has 0 bridgehead atoms. The number of amides is 1. The molecule has 1 N–H and O–H groups in total. The van der Waals surface area contributed by atoms with Crippen LogP contribution in [0.3, 0.4) is 0 Å². The number of esters is 1. The summed E-state index contributed by atoms with van der Waals surface area (Å²) in [5.41, 5.74) is 0.352.